The molecule has 0 radical (unpaired) electrons. The predicted octanol–water partition coefficient (Wildman–Crippen LogP) is 1.96. The van der Waals surface area contributed by atoms with Crippen molar-refractivity contribution in [3.05, 3.63) is 60.1 Å². The first-order valence-corrected chi connectivity index (χ1v) is 10.5. The highest BCUT2D eigenvalue weighted by Crippen LogP contribution is 2.20. The summed E-state index contributed by atoms with van der Waals surface area (Å²) in [7, 11) is 3.18. The number of anilines is 1. The lowest BCUT2D eigenvalue weighted by Gasteiger charge is -2.17. The van der Waals surface area contributed by atoms with Gasteiger partial charge in [-0.05, 0) is 49.6 Å². The molecular weight excluding hydrogens is 466 g/mol. The first-order chi connectivity index (χ1) is 14.6. The first kappa shape index (κ1) is 22.5. The van der Waals surface area contributed by atoms with Gasteiger partial charge in [0.2, 0.25) is 11.8 Å². The zero-order valence-electron chi connectivity index (χ0n) is 17.8. The number of likely N-dealkylation sites (N-methyl/N-ethyl adjacent to an activating group) is 1. The number of H-pyrrole nitrogens is 2. The summed E-state index contributed by atoms with van der Waals surface area (Å²) >= 11 is 3.38. The largest absolute Gasteiger partial charge is 0.336 e. The number of amides is 2. The topological polar surface area (TPSA) is 120 Å². The van der Waals surface area contributed by atoms with E-state index >= 15 is 0 Å². The van der Waals surface area contributed by atoms with Crippen LogP contribution in [0.5, 0.6) is 0 Å². The molecule has 31 heavy (non-hydrogen) atoms. The van der Waals surface area contributed by atoms with Crippen LogP contribution in [-0.2, 0) is 23.1 Å². The molecule has 2 amide bonds. The average Bonchev–Trinajstić information content (AvgIpc) is 2.97. The second-order valence-corrected chi connectivity index (χ2v) is 8.45. The van der Waals surface area contributed by atoms with E-state index in [1.54, 1.807) is 27.1 Å². The number of nitrogens with zero attached hydrogens (tertiary/aromatic N) is 2. The molecule has 1 aromatic carbocycles. The lowest BCUT2D eigenvalue weighted by molar-refractivity contribution is -0.133. The lowest BCUT2D eigenvalue weighted by Crippen LogP contribution is -2.35. The SMILES string of the molecule is Cc1cc(Br)ccc1NC(=O)CN(C)C(=O)CCc1c(C)c2c(=O)[nH]n(C)c2[nH]c1=O. The van der Waals surface area contributed by atoms with Crippen LogP contribution in [0.2, 0.25) is 0 Å². The Bertz CT molecular complexity index is 1290. The zero-order valence-corrected chi connectivity index (χ0v) is 19.3. The minimum Gasteiger partial charge on any atom is -0.336 e. The Morgan fingerprint density at radius 3 is 2.58 bits per heavy atom. The van der Waals surface area contributed by atoms with Gasteiger partial charge >= 0.3 is 0 Å². The Morgan fingerprint density at radius 1 is 1.19 bits per heavy atom. The van der Waals surface area contributed by atoms with Crippen molar-refractivity contribution in [1.82, 2.24) is 19.7 Å². The molecule has 0 aliphatic carbocycles. The molecule has 3 N–H and O–H groups in total. The third-order valence-electron chi connectivity index (χ3n) is 5.26. The molecule has 2 heterocycles. The zero-order chi connectivity index (χ0) is 22.9. The molecule has 0 saturated carbocycles. The van der Waals surface area contributed by atoms with E-state index < -0.39 is 0 Å². The van der Waals surface area contributed by atoms with Gasteiger partial charge in [-0.25, -0.2) is 0 Å². The molecule has 0 aliphatic rings. The van der Waals surface area contributed by atoms with Gasteiger partial charge < -0.3 is 15.2 Å². The van der Waals surface area contributed by atoms with Gasteiger partial charge in [0.15, 0.2) is 0 Å². The fraction of sp³-hybridized carbons (Fsp3) is 0.333. The highest BCUT2D eigenvalue weighted by Gasteiger charge is 2.18. The van der Waals surface area contributed by atoms with Crippen LogP contribution in [0.15, 0.2) is 32.3 Å². The minimum absolute atomic E-state index is 0.0429. The van der Waals surface area contributed by atoms with Crippen LogP contribution in [0.3, 0.4) is 0 Å². The van der Waals surface area contributed by atoms with E-state index in [0.29, 0.717) is 27.8 Å². The van der Waals surface area contributed by atoms with Gasteiger partial charge in [0.1, 0.15) is 5.65 Å². The Balaban J connectivity index is 1.65. The molecule has 0 saturated heterocycles. The quantitative estimate of drug-likeness (QED) is 0.489. The number of aromatic nitrogens is 3. The van der Waals surface area contributed by atoms with Crippen molar-refractivity contribution in [3.63, 3.8) is 0 Å². The summed E-state index contributed by atoms with van der Waals surface area (Å²) in [5.41, 5.74) is 2.31. The number of fused-ring (bicyclic) bond motifs is 1. The van der Waals surface area contributed by atoms with Gasteiger partial charge in [-0.15, -0.1) is 0 Å². The van der Waals surface area contributed by atoms with Gasteiger partial charge in [-0.1, -0.05) is 15.9 Å². The maximum atomic E-state index is 12.5. The number of hydrogen-bond acceptors (Lipinski definition) is 4. The summed E-state index contributed by atoms with van der Waals surface area (Å²) in [5.74, 6) is -0.587. The number of aromatic amines is 2. The number of benzene rings is 1. The molecule has 0 fully saturated rings. The van der Waals surface area contributed by atoms with E-state index in [1.165, 1.54) is 9.58 Å². The van der Waals surface area contributed by atoms with E-state index in [-0.39, 0.29) is 42.3 Å². The maximum absolute atomic E-state index is 12.5. The van der Waals surface area contributed by atoms with E-state index in [2.05, 4.69) is 31.3 Å². The highest BCUT2D eigenvalue weighted by atomic mass is 79.9. The molecule has 0 unspecified atom stereocenters. The normalized spacial score (nSPS) is 11.0. The van der Waals surface area contributed by atoms with Gasteiger partial charge in [0, 0.05) is 36.2 Å². The minimum atomic E-state index is -0.335. The Labute approximate surface area is 186 Å². The molecule has 3 rings (SSSR count). The highest BCUT2D eigenvalue weighted by molar-refractivity contribution is 9.10. The summed E-state index contributed by atoms with van der Waals surface area (Å²) in [6.45, 7) is 3.47. The van der Waals surface area contributed by atoms with Crippen LogP contribution in [-0.4, -0.2) is 45.1 Å². The number of hydrogen-bond donors (Lipinski definition) is 3. The number of aryl methyl sites for hydroxylation is 3. The van der Waals surface area contributed by atoms with Crippen molar-refractivity contribution in [1.29, 1.82) is 0 Å². The van der Waals surface area contributed by atoms with Gasteiger partial charge in [0.25, 0.3) is 11.1 Å². The van der Waals surface area contributed by atoms with Crippen LogP contribution in [0.4, 0.5) is 5.69 Å². The van der Waals surface area contributed by atoms with Gasteiger partial charge in [0.05, 0.1) is 11.9 Å². The number of halogens is 1. The molecule has 10 heteroatoms. The third kappa shape index (κ3) is 4.79. The standard InChI is InChI=1S/C21H24BrN5O4/c1-11-9-13(22)5-7-15(11)23-16(28)10-26(3)17(29)8-6-14-12(2)18-19(24-20(14)30)27(4)25-21(18)31/h5,7,9H,6,8,10H2,1-4H3,(H,23,28)(H,24,30)(H,25,31). The van der Waals surface area contributed by atoms with Crippen molar-refractivity contribution in [2.45, 2.75) is 26.7 Å². The van der Waals surface area contributed by atoms with Crippen LogP contribution < -0.4 is 16.4 Å². The number of carbonyl (C=O) groups is 2. The van der Waals surface area contributed by atoms with E-state index in [1.807, 2.05) is 19.1 Å². The number of nitrogens with one attached hydrogen (secondary N) is 3. The number of pyridine rings is 1. The van der Waals surface area contributed by atoms with E-state index in [4.69, 9.17) is 0 Å². The molecule has 9 nitrogen and oxygen atoms in total. The van der Waals surface area contributed by atoms with Crippen LogP contribution in [0.25, 0.3) is 11.0 Å². The molecule has 0 atom stereocenters. The maximum Gasteiger partial charge on any atom is 0.273 e. The van der Waals surface area contributed by atoms with Crippen molar-refractivity contribution >= 4 is 44.5 Å². The molecular formula is C21H24BrN5O4. The summed E-state index contributed by atoms with van der Waals surface area (Å²) in [6.07, 6.45) is 0.212. The van der Waals surface area contributed by atoms with Crippen LogP contribution >= 0.6 is 15.9 Å². The summed E-state index contributed by atoms with van der Waals surface area (Å²) in [5, 5.41) is 5.81. The van der Waals surface area contributed by atoms with Gasteiger partial charge in [-0.2, -0.15) is 0 Å². The lowest BCUT2D eigenvalue weighted by atomic mass is 10.0. The van der Waals surface area contributed by atoms with Crippen LogP contribution in [0.1, 0.15) is 23.1 Å². The summed E-state index contributed by atoms with van der Waals surface area (Å²) in [4.78, 5) is 53.4. The Kier molecular flexibility index (Phi) is 6.49. The number of carbonyl (C=O) groups excluding carboxylic acids is 2. The second-order valence-electron chi connectivity index (χ2n) is 7.54. The molecule has 0 aliphatic heterocycles. The van der Waals surface area contributed by atoms with Crippen molar-refractivity contribution in [2.24, 2.45) is 7.05 Å². The van der Waals surface area contributed by atoms with Crippen molar-refractivity contribution in [3.8, 4) is 0 Å². The molecule has 3 aromatic rings. The van der Waals surface area contributed by atoms with E-state index in [0.717, 1.165) is 10.0 Å². The summed E-state index contributed by atoms with van der Waals surface area (Å²) in [6, 6.07) is 5.50. The predicted molar refractivity (Wildman–Crippen MR) is 122 cm³/mol. The fourth-order valence-electron chi connectivity index (χ4n) is 3.52. The van der Waals surface area contributed by atoms with E-state index in [9.17, 15) is 19.2 Å². The van der Waals surface area contributed by atoms with Crippen molar-refractivity contribution < 1.29 is 9.59 Å². The number of rotatable bonds is 6. The molecule has 2 aromatic heterocycles. The Hall–Kier alpha value is -3.14. The third-order valence-corrected chi connectivity index (χ3v) is 5.75. The van der Waals surface area contributed by atoms with Crippen molar-refractivity contribution in [2.75, 3.05) is 18.9 Å². The monoisotopic (exact) mass is 489 g/mol. The van der Waals surface area contributed by atoms with Crippen LogP contribution in [0, 0.1) is 13.8 Å². The fourth-order valence-corrected chi connectivity index (χ4v) is 4.00. The molecule has 164 valence electrons. The second kappa shape index (κ2) is 8.93. The average molecular weight is 490 g/mol. The Morgan fingerprint density at radius 2 is 1.90 bits per heavy atom. The van der Waals surface area contributed by atoms with Gasteiger partial charge in [-0.3, -0.25) is 29.0 Å². The smallest absolute Gasteiger partial charge is 0.273 e. The summed E-state index contributed by atoms with van der Waals surface area (Å²) < 4.78 is 2.37. The first-order valence-electron chi connectivity index (χ1n) is 9.69. The molecule has 0 bridgehead atoms. The molecule has 0 spiro atoms.